The zero-order chi connectivity index (χ0) is 15.5. The molecule has 5 nitrogen and oxygen atoms in total. The number of carbonyl (C=O) groups is 1. The van der Waals surface area contributed by atoms with Crippen LogP contribution >= 0.6 is 15.9 Å². The summed E-state index contributed by atoms with van der Waals surface area (Å²) in [6, 6.07) is 7.82. The molecule has 1 fully saturated rings. The van der Waals surface area contributed by atoms with E-state index in [1.165, 1.54) is 0 Å². The van der Waals surface area contributed by atoms with Crippen molar-refractivity contribution in [2.24, 2.45) is 11.7 Å². The summed E-state index contributed by atoms with van der Waals surface area (Å²) in [6.45, 7) is 2.28. The molecule has 0 spiro atoms. The lowest BCUT2D eigenvalue weighted by molar-refractivity contribution is 0.0693. The Bertz CT molecular complexity index is 644. The standard InChI is InChI=1S/C16H19BrN4O/c17-14-1-3-15(4-2-14)21-11-13(10-19-21)16(22)20-7-5-12(9-18)6-8-20/h1-4,10-12H,5-9,18H2. The number of nitrogens with zero attached hydrogens (tertiary/aromatic N) is 3. The van der Waals surface area contributed by atoms with Crippen LogP contribution in [0.25, 0.3) is 5.69 Å². The van der Waals surface area contributed by atoms with Gasteiger partial charge in [-0.1, -0.05) is 15.9 Å². The summed E-state index contributed by atoms with van der Waals surface area (Å²) in [7, 11) is 0. The van der Waals surface area contributed by atoms with Gasteiger partial charge in [-0.05, 0) is 49.6 Å². The zero-order valence-corrected chi connectivity index (χ0v) is 13.9. The predicted octanol–water partition coefficient (Wildman–Crippen LogP) is 2.45. The Balaban J connectivity index is 1.71. The van der Waals surface area contributed by atoms with Crippen LogP contribution in [0.15, 0.2) is 41.1 Å². The molecule has 0 aliphatic carbocycles. The Hall–Kier alpha value is -1.66. The average molecular weight is 363 g/mol. The highest BCUT2D eigenvalue weighted by Gasteiger charge is 2.23. The number of rotatable bonds is 3. The Labute approximate surface area is 138 Å². The molecule has 0 saturated carbocycles. The number of amides is 1. The van der Waals surface area contributed by atoms with Gasteiger partial charge in [0.2, 0.25) is 0 Å². The first-order valence-electron chi connectivity index (χ1n) is 7.47. The maximum atomic E-state index is 12.5. The third-order valence-corrected chi connectivity index (χ3v) is 4.68. The second-order valence-electron chi connectivity index (χ2n) is 5.62. The van der Waals surface area contributed by atoms with E-state index in [1.54, 1.807) is 17.1 Å². The van der Waals surface area contributed by atoms with Crippen molar-refractivity contribution in [1.29, 1.82) is 0 Å². The molecule has 1 aromatic carbocycles. The molecule has 1 aromatic heterocycles. The van der Waals surface area contributed by atoms with Crippen molar-refractivity contribution in [2.45, 2.75) is 12.8 Å². The van der Waals surface area contributed by atoms with E-state index in [9.17, 15) is 4.79 Å². The van der Waals surface area contributed by atoms with Gasteiger partial charge in [0.15, 0.2) is 0 Å². The summed E-state index contributed by atoms with van der Waals surface area (Å²) >= 11 is 3.41. The van der Waals surface area contributed by atoms with Crippen molar-refractivity contribution in [3.05, 3.63) is 46.7 Å². The number of aromatic nitrogens is 2. The van der Waals surface area contributed by atoms with Crippen molar-refractivity contribution >= 4 is 21.8 Å². The molecule has 3 rings (SSSR count). The molecule has 1 aliphatic rings. The maximum absolute atomic E-state index is 12.5. The molecule has 116 valence electrons. The average Bonchev–Trinajstić information content (AvgIpc) is 3.05. The molecular weight excluding hydrogens is 344 g/mol. The molecule has 0 unspecified atom stereocenters. The third-order valence-electron chi connectivity index (χ3n) is 4.16. The summed E-state index contributed by atoms with van der Waals surface area (Å²) in [4.78, 5) is 14.4. The van der Waals surface area contributed by atoms with Crippen LogP contribution in [0.4, 0.5) is 0 Å². The minimum Gasteiger partial charge on any atom is -0.339 e. The van der Waals surface area contributed by atoms with Crippen molar-refractivity contribution in [3.63, 3.8) is 0 Å². The minimum atomic E-state index is 0.0545. The number of benzene rings is 1. The number of halogens is 1. The molecule has 2 heterocycles. The fourth-order valence-corrected chi connectivity index (χ4v) is 2.99. The second-order valence-corrected chi connectivity index (χ2v) is 6.54. The Morgan fingerprint density at radius 3 is 2.59 bits per heavy atom. The van der Waals surface area contributed by atoms with E-state index in [-0.39, 0.29) is 5.91 Å². The van der Waals surface area contributed by atoms with Crippen molar-refractivity contribution in [3.8, 4) is 5.69 Å². The number of hydrogen-bond donors (Lipinski definition) is 1. The fourth-order valence-electron chi connectivity index (χ4n) is 2.72. The van der Waals surface area contributed by atoms with Gasteiger partial charge in [-0.2, -0.15) is 5.10 Å². The van der Waals surface area contributed by atoms with Crippen LogP contribution in [0.1, 0.15) is 23.2 Å². The summed E-state index contributed by atoms with van der Waals surface area (Å²) in [6.07, 6.45) is 5.41. The van der Waals surface area contributed by atoms with Crippen molar-refractivity contribution in [2.75, 3.05) is 19.6 Å². The molecule has 2 aromatic rings. The van der Waals surface area contributed by atoms with Gasteiger partial charge in [0.25, 0.3) is 5.91 Å². The maximum Gasteiger partial charge on any atom is 0.257 e. The predicted molar refractivity (Wildman–Crippen MR) is 88.9 cm³/mol. The zero-order valence-electron chi connectivity index (χ0n) is 12.3. The highest BCUT2D eigenvalue weighted by atomic mass is 79.9. The van der Waals surface area contributed by atoms with Gasteiger partial charge in [0, 0.05) is 23.8 Å². The first kappa shape index (κ1) is 15.2. The Kier molecular flexibility index (Phi) is 4.59. The summed E-state index contributed by atoms with van der Waals surface area (Å²) in [5.41, 5.74) is 7.26. The van der Waals surface area contributed by atoms with Crippen LogP contribution in [-0.4, -0.2) is 40.2 Å². The molecular formula is C16H19BrN4O. The van der Waals surface area contributed by atoms with Gasteiger partial charge in [-0.25, -0.2) is 4.68 Å². The molecule has 1 amide bonds. The van der Waals surface area contributed by atoms with E-state index in [1.807, 2.05) is 29.2 Å². The molecule has 6 heteroatoms. The van der Waals surface area contributed by atoms with Gasteiger partial charge >= 0.3 is 0 Å². The van der Waals surface area contributed by atoms with E-state index < -0.39 is 0 Å². The van der Waals surface area contributed by atoms with Crippen LogP contribution < -0.4 is 5.73 Å². The number of carbonyl (C=O) groups excluding carboxylic acids is 1. The van der Waals surface area contributed by atoms with Crippen LogP contribution in [-0.2, 0) is 0 Å². The van der Waals surface area contributed by atoms with E-state index in [0.717, 1.165) is 36.1 Å². The van der Waals surface area contributed by atoms with Crippen molar-refractivity contribution in [1.82, 2.24) is 14.7 Å². The number of hydrogen-bond acceptors (Lipinski definition) is 3. The lowest BCUT2D eigenvalue weighted by atomic mass is 9.97. The molecule has 2 N–H and O–H groups in total. The van der Waals surface area contributed by atoms with Crippen LogP contribution in [0.2, 0.25) is 0 Å². The SMILES string of the molecule is NCC1CCN(C(=O)c2cnn(-c3ccc(Br)cc3)c2)CC1. The van der Waals surface area contributed by atoms with Crippen LogP contribution in [0.5, 0.6) is 0 Å². The van der Waals surface area contributed by atoms with Crippen LogP contribution in [0.3, 0.4) is 0 Å². The quantitative estimate of drug-likeness (QED) is 0.911. The highest BCUT2D eigenvalue weighted by Crippen LogP contribution is 2.19. The van der Waals surface area contributed by atoms with E-state index in [0.29, 0.717) is 18.0 Å². The van der Waals surface area contributed by atoms with Gasteiger partial charge < -0.3 is 10.6 Å². The molecule has 22 heavy (non-hydrogen) atoms. The van der Waals surface area contributed by atoms with E-state index >= 15 is 0 Å². The largest absolute Gasteiger partial charge is 0.339 e. The van der Waals surface area contributed by atoms with Crippen LogP contribution in [0, 0.1) is 5.92 Å². The smallest absolute Gasteiger partial charge is 0.257 e. The van der Waals surface area contributed by atoms with Gasteiger partial charge in [0.1, 0.15) is 0 Å². The molecule has 1 saturated heterocycles. The normalized spacial score (nSPS) is 16.0. The van der Waals surface area contributed by atoms with Gasteiger partial charge in [-0.3, -0.25) is 4.79 Å². The number of likely N-dealkylation sites (tertiary alicyclic amines) is 1. The van der Waals surface area contributed by atoms with E-state index in [4.69, 9.17) is 5.73 Å². The fraction of sp³-hybridized carbons (Fsp3) is 0.375. The monoisotopic (exact) mass is 362 g/mol. The Morgan fingerprint density at radius 1 is 1.27 bits per heavy atom. The first-order chi connectivity index (χ1) is 10.7. The lowest BCUT2D eigenvalue weighted by Crippen LogP contribution is -2.39. The second kappa shape index (κ2) is 6.62. The molecule has 0 atom stereocenters. The van der Waals surface area contributed by atoms with Gasteiger partial charge in [0.05, 0.1) is 17.4 Å². The van der Waals surface area contributed by atoms with Gasteiger partial charge in [-0.15, -0.1) is 0 Å². The number of piperidine rings is 1. The summed E-state index contributed by atoms with van der Waals surface area (Å²) in [5, 5.41) is 4.30. The lowest BCUT2D eigenvalue weighted by Gasteiger charge is -2.31. The number of nitrogens with two attached hydrogens (primary N) is 1. The molecule has 0 radical (unpaired) electrons. The summed E-state index contributed by atoms with van der Waals surface area (Å²) in [5.74, 6) is 0.605. The summed E-state index contributed by atoms with van der Waals surface area (Å²) < 4.78 is 2.74. The minimum absolute atomic E-state index is 0.0545. The topological polar surface area (TPSA) is 64.2 Å². The first-order valence-corrected chi connectivity index (χ1v) is 8.26. The highest BCUT2D eigenvalue weighted by molar-refractivity contribution is 9.10. The molecule has 0 bridgehead atoms. The van der Waals surface area contributed by atoms with Crippen molar-refractivity contribution < 1.29 is 4.79 Å². The van der Waals surface area contributed by atoms with E-state index in [2.05, 4.69) is 21.0 Å². The third kappa shape index (κ3) is 3.23. The molecule has 1 aliphatic heterocycles. The Morgan fingerprint density at radius 2 is 1.95 bits per heavy atom.